The highest BCUT2D eigenvalue weighted by Crippen LogP contribution is 2.43. The molecule has 0 aromatic heterocycles. The molecule has 0 aliphatic rings. The lowest BCUT2D eigenvalue weighted by molar-refractivity contribution is -0.161. The second-order valence-electron chi connectivity index (χ2n) is 14.9. The zero-order chi connectivity index (χ0) is 41.9. The van der Waals surface area contributed by atoms with Gasteiger partial charge < -0.3 is 19.3 Å². The number of unbranched alkanes of at least 4 members (excludes halogenated alkanes) is 14. The molecule has 10 heteroatoms. The van der Waals surface area contributed by atoms with E-state index in [2.05, 4.69) is 74.6 Å². The quantitative estimate of drug-likeness (QED) is 0.0279. The molecule has 0 fully saturated rings. The average Bonchev–Trinajstić information content (AvgIpc) is 3.18. The van der Waals surface area contributed by atoms with E-state index in [-0.39, 0.29) is 26.1 Å². The lowest BCUT2D eigenvalue weighted by Gasteiger charge is -2.20. The number of carbonyl (C=O) groups is 2. The fourth-order valence-corrected chi connectivity index (χ4v) is 6.29. The molecule has 0 heterocycles. The number of hydrogen-bond acceptors (Lipinski definition) is 8. The molecular weight excluding hydrogens is 737 g/mol. The second-order valence-corrected chi connectivity index (χ2v) is 16.3. The van der Waals surface area contributed by atoms with Gasteiger partial charge in [0.25, 0.3) is 0 Å². The molecule has 0 saturated carbocycles. The van der Waals surface area contributed by atoms with E-state index in [0.29, 0.717) is 19.4 Å². The molecule has 0 spiro atoms. The highest BCUT2D eigenvalue weighted by Gasteiger charge is 2.26. The molecule has 0 bridgehead atoms. The Kier molecular flexibility index (Phi) is 39.7. The maximum Gasteiger partial charge on any atom is 0.472 e. The van der Waals surface area contributed by atoms with Crippen LogP contribution in [0, 0.1) is 0 Å². The van der Waals surface area contributed by atoms with Crippen LogP contribution in [0.3, 0.4) is 0 Å². The average molecular weight is 820 g/mol. The highest BCUT2D eigenvalue weighted by molar-refractivity contribution is 7.47. The summed E-state index contributed by atoms with van der Waals surface area (Å²) in [6, 6.07) is 0. The van der Waals surface area contributed by atoms with Crippen molar-refractivity contribution in [2.45, 2.75) is 174 Å². The number of rotatable bonds is 40. The van der Waals surface area contributed by atoms with Crippen LogP contribution in [0.1, 0.15) is 168 Å². The van der Waals surface area contributed by atoms with Gasteiger partial charge in [-0.1, -0.05) is 151 Å². The molecule has 0 aliphatic heterocycles. The van der Waals surface area contributed by atoms with Crippen LogP contribution in [-0.2, 0) is 32.7 Å². The molecule has 0 aromatic rings. The summed E-state index contributed by atoms with van der Waals surface area (Å²) >= 11 is 0. The minimum absolute atomic E-state index is 0.00755. The number of esters is 2. The Balaban J connectivity index is 4.42. The molecular formula is C47H82NO8P. The number of likely N-dealkylation sites (N-methyl/N-ethyl adjacent to an activating group) is 1. The molecule has 1 N–H and O–H groups in total. The van der Waals surface area contributed by atoms with Gasteiger partial charge in [0.05, 0.1) is 13.2 Å². The molecule has 0 amide bonds. The fraction of sp³-hybridized carbons (Fsp3) is 0.702. The van der Waals surface area contributed by atoms with Gasteiger partial charge in [-0.05, 0) is 91.1 Å². The Labute approximate surface area is 348 Å². The van der Waals surface area contributed by atoms with Crippen LogP contribution < -0.4 is 0 Å². The van der Waals surface area contributed by atoms with E-state index < -0.39 is 32.5 Å². The number of nitrogens with zero attached hydrogens (tertiary/aromatic N) is 1. The van der Waals surface area contributed by atoms with Crippen molar-refractivity contribution in [2.75, 3.05) is 40.5 Å². The molecule has 57 heavy (non-hydrogen) atoms. The lowest BCUT2D eigenvalue weighted by Crippen LogP contribution is -2.29. The molecule has 2 unspecified atom stereocenters. The van der Waals surface area contributed by atoms with Crippen LogP contribution in [0.2, 0.25) is 0 Å². The number of allylic oxidation sites excluding steroid dienone is 12. The lowest BCUT2D eigenvalue weighted by atomic mass is 10.1. The second kappa shape index (κ2) is 41.6. The first-order valence-electron chi connectivity index (χ1n) is 22.2. The van der Waals surface area contributed by atoms with Crippen LogP contribution in [0.4, 0.5) is 0 Å². The summed E-state index contributed by atoms with van der Waals surface area (Å²) in [5, 5.41) is 0. The van der Waals surface area contributed by atoms with Crippen molar-refractivity contribution < 1.29 is 37.6 Å². The van der Waals surface area contributed by atoms with Gasteiger partial charge in [-0.2, -0.15) is 0 Å². The summed E-state index contributed by atoms with van der Waals surface area (Å²) in [5.74, 6) is -0.909. The first-order valence-corrected chi connectivity index (χ1v) is 23.7. The number of phosphoric acid groups is 1. The highest BCUT2D eigenvalue weighted by atomic mass is 31.2. The summed E-state index contributed by atoms with van der Waals surface area (Å²) in [5.41, 5.74) is 0. The van der Waals surface area contributed by atoms with Crippen molar-refractivity contribution >= 4 is 19.8 Å². The van der Waals surface area contributed by atoms with E-state index >= 15 is 0 Å². The first kappa shape index (κ1) is 54.5. The summed E-state index contributed by atoms with van der Waals surface area (Å²) in [4.78, 5) is 37.0. The predicted octanol–water partition coefficient (Wildman–Crippen LogP) is 12.9. The molecule has 328 valence electrons. The molecule has 0 rings (SSSR count). The normalized spacial score (nSPS) is 14.1. The molecule has 0 aromatic carbocycles. The largest absolute Gasteiger partial charge is 0.472 e. The Morgan fingerprint density at radius 1 is 0.544 bits per heavy atom. The van der Waals surface area contributed by atoms with Crippen molar-refractivity contribution in [1.29, 1.82) is 0 Å². The summed E-state index contributed by atoms with van der Waals surface area (Å²) in [6.45, 7) is 4.18. The zero-order valence-corrected chi connectivity index (χ0v) is 37.4. The van der Waals surface area contributed by atoms with Crippen molar-refractivity contribution in [3.63, 3.8) is 0 Å². The van der Waals surface area contributed by atoms with Crippen LogP contribution in [0.5, 0.6) is 0 Å². The van der Waals surface area contributed by atoms with Crippen LogP contribution >= 0.6 is 7.82 Å². The predicted molar refractivity (Wildman–Crippen MR) is 238 cm³/mol. The van der Waals surface area contributed by atoms with E-state index in [1.807, 2.05) is 26.2 Å². The van der Waals surface area contributed by atoms with Crippen molar-refractivity contribution in [3.05, 3.63) is 72.9 Å². The molecule has 2 atom stereocenters. The van der Waals surface area contributed by atoms with E-state index in [9.17, 15) is 19.0 Å². The van der Waals surface area contributed by atoms with Gasteiger partial charge in [-0.3, -0.25) is 18.6 Å². The first-order chi connectivity index (χ1) is 27.7. The summed E-state index contributed by atoms with van der Waals surface area (Å²) in [6.07, 6.45) is 49.6. The number of hydrogen-bond donors (Lipinski definition) is 1. The minimum Gasteiger partial charge on any atom is -0.462 e. The van der Waals surface area contributed by atoms with Gasteiger partial charge in [-0.25, -0.2) is 4.57 Å². The van der Waals surface area contributed by atoms with Crippen molar-refractivity contribution in [2.24, 2.45) is 0 Å². The van der Waals surface area contributed by atoms with Crippen LogP contribution in [-0.4, -0.2) is 68.3 Å². The monoisotopic (exact) mass is 820 g/mol. The van der Waals surface area contributed by atoms with Crippen LogP contribution in [0.15, 0.2) is 72.9 Å². The smallest absolute Gasteiger partial charge is 0.462 e. The van der Waals surface area contributed by atoms with Crippen molar-refractivity contribution in [3.8, 4) is 0 Å². The molecule has 0 aliphatic carbocycles. The van der Waals surface area contributed by atoms with Gasteiger partial charge in [0.2, 0.25) is 0 Å². The van der Waals surface area contributed by atoms with E-state index in [4.69, 9.17) is 18.5 Å². The van der Waals surface area contributed by atoms with Gasteiger partial charge in [0.1, 0.15) is 6.61 Å². The minimum atomic E-state index is -4.38. The van der Waals surface area contributed by atoms with Crippen molar-refractivity contribution in [1.82, 2.24) is 4.90 Å². The summed E-state index contributed by atoms with van der Waals surface area (Å²) in [7, 11) is -0.751. The van der Waals surface area contributed by atoms with Gasteiger partial charge in [0, 0.05) is 19.4 Å². The number of phosphoric ester groups is 1. The van der Waals surface area contributed by atoms with Gasteiger partial charge in [-0.15, -0.1) is 0 Å². The standard InChI is InChI=1S/C47H82NO8P/c1-5-7-9-11-13-15-17-19-21-22-23-24-26-27-29-31-33-35-37-39-46(49)53-43-45(44-55-57(51,52)54-42-41-48(3)4)56-47(50)40-38-36-34-32-30-28-25-20-18-16-14-12-10-8-6-2/h13,15-16,18-19,21,23-24,27,29,33,35,45H,5-12,14,17,20,22,25-26,28,30-32,34,36-44H2,1-4H3,(H,51,52)/b15-13-,18-16-,21-19-,24-23-,29-27-,35-33-. The van der Waals surface area contributed by atoms with Crippen LogP contribution in [0.25, 0.3) is 0 Å². The SMILES string of the molecule is CCCCC/C=C\C/C=C\C/C=C\C/C=C\C/C=C\CCC(=O)OCC(COP(=O)(O)OCCN(C)C)OC(=O)CCCCCCCCC/C=C\CCCCCC. The molecule has 9 nitrogen and oxygen atoms in total. The van der Waals surface area contributed by atoms with E-state index in [1.165, 1.54) is 77.0 Å². The van der Waals surface area contributed by atoms with Gasteiger partial charge in [0.15, 0.2) is 6.10 Å². The Morgan fingerprint density at radius 3 is 1.53 bits per heavy atom. The van der Waals surface area contributed by atoms with E-state index in [1.54, 1.807) is 4.90 Å². The Bertz CT molecular complexity index is 1180. The number of carbonyl (C=O) groups excluding carboxylic acids is 2. The summed E-state index contributed by atoms with van der Waals surface area (Å²) < 4.78 is 33.4. The third kappa shape index (κ3) is 42.9. The fourth-order valence-electron chi connectivity index (χ4n) is 5.55. The third-order valence-corrected chi connectivity index (χ3v) is 9.98. The third-order valence-electron chi connectivity index (χ3n) is 9.00. The number of ether oxygens (including phenoxy) is 2. The Hall–Kier alpha value is -2.55. The molecule has 0 radical (unpaired) electrons. The topological polar surface area (TPSA) is 112 Å². The van der Waals surface area contributed by atoms with Gasteiger partial charge >= 0.3 is 19.8 Å². The maximum absolute atomic E-state index is 12.6. The van der Waals surface area contributed by atoms with E-state index in [0.717, 1.165) is 51.4 Å². The molecule has 0 saturated heterocycles. The Morgan fingerprint density at radius 2 is 0.982 bits per heavy atom. The zero-order valence-electron chi connectivity index (χ0n) is 36.5. The maximum atomic E-state index is 12.6.